The predicted molar refractivity (Wildman–Crippen MR) is 97.7 cm³/mol. The Morgan fingerprint density at radius 1 is 1.31 bits per heavy atom. The van der Waals surface area contributed by atoms with Crippen molar-refractivity contribution in [2.24, 2.45) is 5.92 Å². The van der Waals surface area contributed by atoms with Crippen molar-refractivity contribution in [1.82, 2.24) is 14.8 Å². The van der Waals surface area contributed by atoms with E-state index in [-0.39, 0.29) is 35.1 Å². The molecule has 3 heterocycles. The van der Waals surface area contributed by atoms with Crippen LogP contribution in [0.4, 0.5) is 0 Å². The number of aromatic nitrogens is 1. The summed E-state index contributed by atoms with van der Waals surface area (Å²) in [7, 11) is -1.45. The van der Waals surface area contributed by atoms with Gasteiger partial charge in [-0.25, -0.2) is 8.42 Å². The second kappa shape index (κ2) is 7.34. The highest BCUT2D eigenvalue weighted by atomic mass is 32.2. The normalized spacial score (nSPS) is 25.1. The summed E-state index contributed by atoms with van der Waals surface area (Å²) in [6.45, 7) is 3.54. The highest BCUT2D eigenvalue weighted by Crippen LogP contribution is 2.20. The maximum absolute atomic E-state index is 12.7. The number of sulfone groups is 1. The molecule has 1 aromatic rings. The number of hydrogen-bond acceptors (Lipinski definition) is 5. The van der Waals surface area contributed by atoms with Gasteiger partial charge in [-0.15, -0.1) is 0 Å². The van der Waals surface area contributed by atoms with E-state index in [2.05, 4.69) is 11.9 Å². The van der Waals surface area contributed by atoms with Crippen molar-refractivity contribution in [2.75, 3.05) is 31.6 Å². The number of pyridine rings is 1. The van der Waals surface area contributed by atoms with Crippen LogP contribution in [0.5, 0.6) is 0 Å². The molecule has 26 heavy (non-hydrogen) atoms. The largest absolute Gasteiger partial charge is 0.338 e. The average molecular weight is 379 g/mol. The van der Waals surface area contributed by atoms with E-state index in [9.17, 15) is 18.0 Å². The van der Waals surface area contributed by atoms with Gasteiger partial charge in [0.2, 0.25) is 0 Å². The molecule has 142 valence electrons. The van der Waals surface area contributed by atoms with Crippen molar-refractivity contribution >= 4 is 21.7 Å². The first-order valence-electron chi connectivity index (χ1n) is 9.00. The lowest BCUT2D eigenvalue weighted by molar-refractivity contribution is 0.0677. The second-order valence-electron chi connectivity index (χ2n) is 7.40. The molecule has 2 atom stereocenters. The summed E-state index contributed by atoms with van der Waals surface area (Å²) < 4.78 is 23.3. The van der Waals surface area contributed by atoms with Gasteiger partial charge in [-0.3, -0.25) is 14.6 Å². The highest BCUT2D eigenvalue weighted by molar-refractivity contribution is 7.91. The fraction of sp³-hybridized carbons (Fsp3) is 0.611. The summed E-state index contributed by atoms with van der Waals surface area (Å²) in [6.07, 6.45) is 4.01. The molecule has 0 radical (unpaired) electrons. The average Bonchev–Trinajstić information content (AvgIpc) is 2.99. The molecule has 2 amide bonds. The lowest BCUT2D eigenvalue weighted by Crippen LogP contribution is -2.40. The molecule has 3 rings (SSSR count). The van der Waals surface area contributed by atoms with Crippen molar-refractivity contribution in [3.05, 3.63) is 29.6 Å². The third-order valence-electron chi connectivity index (χ3n) is 5.25. The van der Waals surface area contributed by atoms with E-state index < -0.39 is 9.84 Å². The van der Waals surface area contributed by atoms with Crippen LogP contribution in [-0.4, -0.2) is 72.7 Å². The fourth-order valence-corrected chi connectivity index (χ4v) is 5.44. The standard InChI is InChI=1S/C18H25N3O4S/c1-13-4-3-8-21(11-13)18(23)16-10-14(5-7-19-16)17(22)20(2)15-6-9-26(24,25)12-15/h5,7,10,13,15H,3-4,6,8-9,11-12H2,1-2H3. The van der Waals surface area contributed by atoms with Crippen molar-refractivity contribution in [3.63, 3.8) is 0 Å². The molecule has 2 aliphatic rings. The molecule has 1 aromatic heterocycles. The Kier molecular flexibility index (Phi) is 5.32. The zero-order valence-corrected chi connectivity index (χ0v) is 16.0. The van der Waals surface area contributed by atoms with Gasteiger partial charge in [-0.1, -0.05) is 6.92 Å². The van der Waals surface area contributed by atoms with Gasteiger partial charge in [-0.2, -0.15) is 0 Å². The first-order chi connectivity index (χ1) is 12.3. The van der Waals surface area contributed by atoms with E-state index >= 15 is 0 Å². The van der Waals surface area contributed by atoms with E-state index in [1.54, 1.807) is 18.0 Å². The predicted octanol–water partition coefficient (Wildman–Crippen LogP) is 1.21. The van der Waals surface area contributed by atoms with Gasteiger partial charge >= 0.3 is 0 Å². The van der Waals surface area contributed by atoms with Crippen molar-refractivity contribution in [1.29, 1.82) is 0 Å². The SMILES string of the molecule is CC1CCCN(C(=O)c2cc(C(=O)N(C)C3CCS(=O)(=O)C3)ccn2)C1. The number of piperidine rings is 1. The molecule has 0 N–H and O–H groups in total. The van der Waals surface area contributed by atoms with Crippen molar-refractivity contribution < 1.29 is 18.0 Å². The smallest absolute Gasteiger partial charge is 0.272 e. The molecule has 0 aliphatic carbocycles. The van der Waals surface area contributed by atoms with E-state index in [1.807, 2.05) is 0 Å². The van der Waals surface area contributed by atoms with E-state index in [4.69, 9.17) is 0 Å². The van der Waals surface area contributed by atoms with Crippen LogP contribution in [-0.2, 0) is 9.84 Å². The Labute approximate surface area is 154 Å². The zero-order chi connectivity index (χ0) is 18.9. The van der Waals surface area contributed by atoms with Gasteiger partial charge in [0.15, 0.2) is 9.84 Å². The zero-order valence-electron chi connectivity index (χ0n) is 15.2. The molecule has 7 nitrogen and oxygen atoms in total. The van der Waals surface area contributed by atoms with Crippen molar-refractivity contribution in [3.8, 4) is 0 Å². The lowest BCUT2D eigenvalue weighted by atomic mass is 10.00. The van der Waals surface area contributed by atoms with Crippen LogP contribution in [0.25, 0.3) is 0 Å². The van der Waals surface area contributed by atoms with Crippen LogP contribution in [0.3, 0.4) is 0 Å². The van der Waals surface area contributed by atoms with Gasteiger partial charge in [0.25, 0.3) is 11.8 Å². The van der Waals surface area contributed by atoms with E-state index in [0.717, 1.165) is 12.8 Å². The second-order valence-corrected chi connectivity index (χ2v) is 9.63. The van der Waals surface area contributed by atoms with Gasteiger partial charge in [0.05, 0.1) is 11.5 Å². The molecule has 2 saturated heterocycles. The quantitative estimate of drug-likeness (QED) is 0.788. The molecule has 0 spiro atoms. The Balaban J connectivity index is 1.74. The van der Waals surface area contributed by atoms with Crippen LogP contribution in [0.15, 0.2) is 18.3 Å². The van der Waals surface area contributed by atoms with Crippen molar-refractivity contribution in [2.45, 2.75) is 32.2 Å². The maximum atomic E-state index is 12.7. The number of amides is 2. The van der Waals surface area contributed by atoms with Crippen LogP contribution in [0, 0.1) is 5.92 Å². The summed E-state index contributed by atoms with van der Waals surface area (Å²) >= 11 is 0. The Morgan fingerprint density at radius 3 is 2.73 bits per heavy atom. The van der Waals surface area contributed by atoms with Gasteiger partial charge in [0, 0.05) is 37.9 Å². The van der Waals surface area contributed by atoms with Crippen LogP contribution < -0.4 is 0 Å². The van der Waals surface area contributed by atoms with E-state index in [1.165, 1.54) is 17.2 Å². The molecular formula is C18H25N3O4S. The molecule has 2 aliphatic heterocycles. The van der Waals surface area contributed by atoms with Gasteiger partial charge in [-0.05, 0) is 37.3 Å². The molecular weight excluding hydrogens is 354 g/mol. The minimum atomic E-state index is -3.06. The Hall–Kier alpha value is -1.96. The molecule has 2 unspecified atom stereocenters. The van der Waals surface area contributed by atoms with Crippen LogP contribution in [0.1, 0.15) is 47.0 Å². The van der Waals surface area contributed by atoms with Crippen LogP contribution in [0.2, 0.25) is 0 Å². The first-order valence-corrected chi connectivity index (χ1v) is 10.8. The Bertz CT molecular complexity index is 808. The van der Waals surface area contributed by atoms with Crippen LogP contribution >= 0.6 is 0 Å². The summed E-state index contributed by atoms with van der Waals surface area (Å²) in [4.78, 5) is 32.8. The number of carbonyl (C=O) groups excluding carboxylic acids is 2. The molecule has 8 heteroatoms. The lowest BCUT2D eigenvalue weighted by Gasteiger charge is -2.30. The van der Waals surface area contributed by atoms with E-state index in [0.29, 0.717) is 31.0 Å². The molecule has 0 saturated carbocycles. The summed E-state index contributed by atoms with van der Waals surface area (Å²) in [5.41, 5.74) is 0.623. The third kappa shape index (κ3) is 4.06. The minimum absolute atomic E-state index is 0.00220. The first kappa shape index (κ1) is 18.8. The maximum Gasteiger partial charge on any atom is 0.272 e. The minimum Gasteiger partial charge on any atom is -0.338 e. The summed E-state index contributed by atoms with van der Waals surface area (Å²) in [5, 5.41) is 0. The topological polar surface area (TPSA) is 87.7 Å². The fourth-order valence-electron chi connectivity index (χ4n) is 3.67. The van der Waals surface area contributed by atoms with Gasteiger partial charge < -0.3 is 9.80 Å². The third-order valence-corrected chi connectivity index (χ3v) is 7.00. The number of likely N-dealkylation sites (tertiary alicyclic amines) is 1. The molecule has 2 fully saturated rings. The molecule has 0 bridgehead atoms. The molecule has 0 aromatic carbocycles. The Morgan fingerprint density at radius 2 is 2.08 bits per heavy atom. The number of rotatable bonds is 3. The highest BCUT2D eigenvalue weighted by Gasteiger charge is 2.33. The summed E-state index contributed by atoms with van der Waals surface area (Å²) in [6, 6.07) is 2.77. The number of carbonyl (C=O) groups is 2. The number of hydrogen-bond donors (Lipinski definition) is 0. The monoisotopic (exact) mass is 379 g/mol. The summed E-state index contributed by atoms with van der Waals surface area (Å²) in [5.74, 6) is 0.140. The van der Waals surface area contributed by atoms with Gasteiger partial charge in [0.1, 0.15) is 5.69 Å². The number of nitrogens with zero attached hydrogens (tertiary/aromatic N) is 3.